The summed E-state index contributed by atoms with van der Waals surface area (Å²) in [6.07, 6.45) is 3.55. The van der Waals surface area contributed by atoms with E-state index in [1.165, 1.54) is 7.11 Å². The van der Waals surface area contributed by atoms with Gasteiger partial charge in [-0.05, 0) is 18.8 Å². The number of nitrogens with zero attached hydrogens (tertiary/aromatic N) is 1. The number of methoxy groups -OCH3 is 1. The minimum absolute atomic E-state index is 0.0410. The first kappa shape index (κ1) is 13.5. The maximum absolute atomic E-state index is 12.2. The van der Waals surface area contributed by atoms with E-state index in [2.05, 4.69) is 10.1 Å². The van der Waals surface area contributed by atoms with E-state index in [4.69, 9.17) is 0 Å². The zero-order valence-electron chi connectivity index (χ0n) is 10.7. The molecule has 1 unspecified atom stereocenters. The molecule has 7 heteroatoms. The summed E-state index contributed by atoms with van der Waals surface area (Å²) < 4.78 is 4.44. The number of amides is 4. The highest BCUT2D eigenvalue weighted by Crippen LogP contribution is 2.33. The monoisotopic (exact) mass is 268 g/mol. The molecule has 0 aromatic carbocycles. The third-order valence-corrected chi connectivity index (χ3v) is 3.68. The predicted molar refractivity (Wildman–Crippen MR) is 62.7 cm³/mol. The van der Waals surface area contributed by atoms with Crippen LogP contribution in [0.15, 0.2) is 0 Å². The highest BCUT2D eigenvalue weighted by molar-refractivity contribution is 6.17. The summed E-state index contributed by atoms with van der Waals surface area (Å²) in [7, 11) is 1.17. The summed E-state index contributed by atoms with van der Waals surface area (Å²) in [4.78, 5) is 47.6. The molecule has 1 saturated heterocycles. The SMILES string of the molecule is COC(=O)CN1C(=O)NC(=O)C(C2CCCC2)C1=O. The number of rotatable bonds is 3. The number of imide groups is 2. The van der Waals surface area contributed by atoms with Gasteiger partial charge >= 0.3 is 12.0 Å². The van der Waals surface area contributed by atoms with Crippen molar-refractivity contribution in [3.05, 3.63) is 0 Å². The molecule has 7 nitrogen and oxygen atoms in total. The van der Waals surface area contributed by atoms with Gasteiger partial charge in [0.25, 0.3) is 0 Å². The Labute approximate surface area is 110 Å². The van der Waals surface area contributed by atoms with Gasteiger partial charge in [0.15, 0.2) is 0 Å². The third-order valence-electron chi connectivity index (χ3n) is 3.68. The number of esters is 1. The maximum atomic E-state index is 12.2. The summed E-state index contributed by atoms with van der Waals surface area (Å²) in [5, 5.41) is 2.14. The highest BCUT2D eigenvalue weighted by Gasteiger charge is 2.45. The molecule has 104 valence electrons. The van der Waals surface area contributed by atoms with E-state index in [0.717, 1.165) is 30.6 Å². The highest BCUT2D eigenvalue weighted by atomic mass is 16.5. The fraction of sp³-hybridized carbons (Fsp3) is 0.667. The van der Waals surface area contributed by atoms with Crippen molar-refractivity contribution in [2.75, 3.05) is 13.7 Å². The Balaban J connectivity index is 2.16. The number of barbiturate groups is 1. The van der Waals surface area contributed by atoms with Gasteiger partial charge < -0.3 is 4.74 Å². The molecule has 0 spiro atoms. The van der Waals surface area contributed by atoms with E-state index in [-0.39, 0.29) is 5.92 Å². The van der Waals surface area contributed by atoms with Gasteiger partial charge in [-0.15, -0.1) is 0 Å². The standard InChI is InChI=1S/C12H16N2O5/c1-19-8(15)6-14-11(17)9(7-4-2-3-5-7)10(16)13-12(14)18/h7,9H,2-6H2,1H3,(H,13,16,18). The van der Waals surface area contributed by atoms with Crippen LogP contribution in [-0.4, -0.2) is 42.4 Å². The van der Waals surface area contributed by atoms with Crippen LogP contribution in [0.5, 0.6) is 0 Å². The molecule has 0 aromatic rings. The van der Waals surface area contributed by atoms with E-state index in [1.54, 1.807) is 0 Å². The van der Waals surface area contributed by atoms with Gasteiger partial charge in [-0.25, -0.2) is 4.79 Å². The van der Waals surface area contributed by atoms with Crippen molar-refractivity contribution in [2.24, 2.45) is 11.8 Å². The van der Waals surface area contributed by atoms with Crippen LogP contribution in [0.4, 0.5) is 4.79 Å². The molecule has 0 aromatic heterocycles. The van der Waals surface area contributed by atoms with Gasteiger partial charge in [-0.1, -0.05) is 12.8 Å². The van der Waals surface area contributed by atoms with Crippen LogP contribution in [0.1, 0.15) is 25.7 Å². The summed E-state index contributed by atoms with van der Waals surface area (Å²) >= 11 is 0. The molecule has 1 saturated carbocycles. The van der Waals surface area contributed by atoms with Gasteiger partial charge in [0.05, 0.1) is 7.11 Å². The molecule has 1 aliphatic carbocycles. The minimum Gasteiger partial charge on any atom is -0.468 e. The molecule has 1 aliphatic heterocycles. The number of carbonyl (C=O) groups excluding carboxylic acids is 4. The second-order valence-corrected chi connectivity index (χ2v) is 4.82. The van der Waals surface area contributed by atoms with Crippen LogP contribution in [0.25, 0.3) is 0 Å². The summed E-state index contributed by atoms with van der Waals surface area (Å²) in [5.74, 6) is -2.73. The minimum atomic E-state index is -0.857. The van der Waals surface area contributed by atoms with Crippen LogP contribution in [-0.2, 0) is 19.1 Å². The Hall–Kier alpha value is -1.92. The van der Waals surface area contributed by atoms with Gasteiger partial charge in [-0.2, -0.15) is 0 Å². The van der Waals surface area contributed by atoms with Crippen LogP contribution in [0, 0.1) is 11.8 Å². The fourth-order valence-corrected chi connectivity index (χ4v) is 2.68. The number of nitrogens with one attached hydrogen (secondary N) is 1. The molecule has 2 aliphatic rings. The first-order chi connectivity index (χ1) is 9.04. The quantitative estimate of drug-likeness (QED) is 0.576. The van der Waals surface area contributed by atoms with E-state index in [0.29, 0.717) is 0 Å². The van der Waals surface area contributed by atoms with Crippen LogP contribution in [0.3, 0.4) is 0 Å². The smallest absolute Gasteiger partial charge is 0.331 e. The summed E-state index contributed by atoms with van der Waals surface area (Å²) in [6.45, 7) is -0.461. The number of hydrogen-bond acceptors (Lipinski definition) is 5. The molecule has 1 heterocycles. The average molecular weight is 268 g/mol. The molecule has 4 amide bonds. The molecule has 1 atom stereocenters. The zero-order chi connectivity index (χ0) is 14.0. The molecule has 0 bridgehead atoms. The van der Waals surface area contributed by atoms with Crippen molar-refractivity contribution in [1.29, 1.82) is 0 Å². The lowest BCUT2D eigenvalue weighted by molar-refractivity contribution is -0.151. The topological polar surface area (TPSA) is 92.8 Å². The normalized spacial score (nSPS) is 24.6. The predicted octanol–water partition coefficient (Wildman–Crippen LogP) is 0.0442. The number of carbonyl (C=O) groups is 4. The number of ether oxygens (including phenoxy) is 1. The first-order valence-electron chi connectivity index (χ1n) is 6.27. The summed E-state index contributed by atoms with van der Waals surface area (Å²) in [6, 6.07) is -0.852. The first-order valence-corrected chi connectivity index (χ1v) is 6.27. The Kier molecular flexibility index (Phi) is 3.82. The van der Waals surface area contributed by atoms with Gasteiger partial charge in [-0.3, -0.25) is 24.6 Å². The Morgan fingerprint density at radius 1 is 1.32 bits per heavy atom. The van der Waals surface area contributed by atoms with Gasteiger partial charge in [0.2, 0.25) is 11.8 Å². The van der Waals surface area contributed by atoms with E-state index in [1.807, 2.05) is 0 Å². The molecular formula is C12H16N2O5. The van der Waals surface area contributed by atoms with Crippen LogP contribution < -0.4 is 5.32 Å². The largest absolute Gasteiger partial charge is 0.468 e. The Morgan fingerprint density at radius 2 is 1.95 bits per heavy atom. The second kappa shape index (κ2) is 5.38. The van der Waals surface area contributed by atoms with Crippen molar-refractivity contribution < 1.29 is 23.9 Å². The lowest BCUT2D eigenvalue weighted by atomic mass is 9.87. The van der Waals surface area contributed by atoms with E-state index < -0.39 is 36.3 Å². The lowest BCUT2D eigenvalue weighted by Gasteiger charge is -2.32. The molecule has 1 N–H and O–H groups in total. The van der Waals surface area contributed by atoms with E-state index in [9.17, 15) is 19.2 Å². The molecule has 2 fully saturated rings. The van der Waals surface area contributed by atoms with Crippen molar-refractivity contribution in [2.45, 2.75) is 25.7 Å². The van der Waals surface area contributed by atoms with E-state index >= 15 is 0 Å². The Bertz CT molecular complexity index is 428. The van der Waals surface area contributed by atoms with Crippen molar-refractivity contribution in [1.82, 2.24) is 10.2 Å². The molecule has 19 heavy (non-hydrogen) atoms. The number of hydrogen-bond donors (Lipinski definition) is 1. The molecule has 0 radical (unpaired) electrons. The zero-order valence-corrected chi connectivity index (χ0v) is 10.7. The summed E-state index contributed by atoms with van der Waals surface area (Å²) in [5.41, 5.74) is 0. The van der Waals surface area contributed by atoms with Crippen LogP contribution >= 0.6 is 0 Å². The second-order valence-electron chi connectivity index (χ2n) is 4.82. The van der Waals surface area contributed by atoms with Gasteiger partial charge in [0.1, 0.15) is 12.5 Å². The van der Waals surface area contributed by atoms with Crippen molar-refractivity contribution in [3.8, 4) is 0 Å². The Morgan fingerprint density at radius 3 is 2.53 bits per heavy atom. The fourth-order valence-electron chi connectivity index (χ4n) is 2.68. The van der Waals surface area contributed by atoms with Crippen LogP contribution in [0.2, 0.25) is 0 Å². The lowest BCUT2D eigenvalue weighted by Crippen LogP contribution is -2.60. The third kappa shape index (κ3) is 2.59. The van der Waals surface area contributed by atoms with Crippen molar-refractivity contribution in [3.63, 3.8) is 0 Å². The molecular weight excluding hydrogens is 252 g/mol. The number of urea groups is 1. The maximum Gasteiger partial charge on any atom is 0.331 e. The van der Waals surface area contributed by atoms with Crippen molar-refractivity contribution >= 4 is 23.8 Å². The molecule has 2 rings (SSSR count). The van der Waals surface area contributed by atoms with Gasteiger partial charge in [0, 0.05) is 0 Å². The average Bonchev–Trinajstić information content (AvgIpc) is 2.87.